The highest BCUT2D eigenvalue weighted by Gasteiger charge is 2.29. The summed E-state index contributed by atoms with van der Waals surface area (Å²) < 4.78 is 4.20. The molecule has 0 saturated carbocycles. The molecule has 1 N–H and O–H groups in total. The van der Waals surface area contributed by atoms with E-state index in [1.165, 1.54) is 11.3 Å². The molecule has 5 nitrogen and oxygen atoms in total. The number of fused-ring (bicyclic) bond motifs is 2. The van der Waals surface area contributed by atoms with Crippen molar-refractivity contribution >= 4 is 16.8 Å². The molecule has 0 saturated heterocycles. The van der Waals surface area contributed by atoms with Crippen LogP contribution in [0.25, 0.3) is 10.9 Å². The van der Waals surface area contributed by atoms with Crippen LogP contribution in [0.1, 0.15) is 56.5 Å². The number of carbonyl (C=O) groups is 1. The Balaban J connectivity index is 1.54. The lowest BCUT2D eigenvalue weighted by Gasteiger charge is -2.28. The molecule has 2 aromatic heterocycles. The molecule has 2 heterocycles. The highest BCUT2D eigenvalue weighted by Crippen LogP contribution is 2.32. The van der Waals surface area contributed by atoms with E-state index in [4.69, 9.17) is 0 Å². The van der Waals surface area contributed by atoms with Crippen molar-refractivity contribution in [2.75, 3.05) is 0 Å². The number of benzene rings is 1. The van der Waals surface area contributed by atoms with Crippen molar-refractivity contribution in [1.29, 1.82) is 0 Å². The summed E-state index contributed by atoms with van der Waals surface area (Å²) in [4.78, 5) is 12.8. The third-order valence-corrected chi connectivity index (χ3v) is 5.48. The Morgan fingerprint density at radius 3 is 2.85 bits per heavy atom. The van der Waals surface area contributed by atoms with Gasteiger partial charge in [0.25, 0.3) is 0 Å². The van der Waals surface area contributed by atoms with Crippen LogP contribution in [-0.2, 0) is 30.2 Å². The van der Waals surface area contributed by atoms with Crippen LogP contribution in [0.2, 0.25) is 0 Å². The average Bonchev–Trinajstić information content (AvgIpc) is 3.18. The van der Waals surface area contributed by atoms with Gasteiger partial charge in [-0.05, 0) is 51.7 Å². The number of nitrogens with zero attached hydrogens (tertiary/aromatic N) is 3. The maximum absolute atomic E-state index is 12.8. The zero-order valence-electron chi connectivity index (χ0n) is 16.6. The van der Waals surface area contributed by atoms with Crippen LogP contribution in [-0.4, -0.2) is 20.3 Å². The molecular weight excluding hydrogens is 336 g/mol. The van der Waals surface area contributed by atoms with E-state index in [1.807, 2.05) is 25.4 Å². The van der Waals surface area contributed by atoms with E-state index in [-0.39, 0.29) is 17.5 Å². The monoisotopic (exact) mass is 364 g/mol. The van der Waals surface area contributed by atoms with Gasteiger partial charge in [0.15, 0.2) is 0 Å². The van der Waals surface area contributed by atoms with E-state index in [2.05, 4.69) is 58.8 Å². The quantitative estimate of drug-likeness (QED) is 0.767. The van der Waals surface area contributed by atoms with E-state index in [9.17, 15) is 4.79 Å². The van der Waals surface area contributed by atoms with E-state index in [0.29, 0.717) is 6.42 Å². The topological polar surface area (TPSA) is 51.9 Å². The summed E-state index contributed by atoms with van der Waals surface area (Å²) in [6.07, 6.45) is 7.50. The van der Waals surface area contributed by atoms with Crippen LogP contribution in [0.5, 0.6) is 0 Å². The standard InChI is InChI=1S/C22H28N4O/c1-22(2,3)26-20-11-7-9-18(17(20)13-23-26)24-21(27)12-15-14-25(4)19-10-6-5-8-16(15)19/h5-6,8,10,13-14,18H,7,9,11-12H2,1-4H3,(H,24,27)/t18-/m0/s1. The van der Waals surface area contributed by atoms with Crippen LogP contribution in [0, 0.1) is 0 Å². The Hall–Kier alpha value is -2.56. The summed E-state index contributed by atoms with van der Waals surface area (Å²) in [6.45, 7) is 6.51. The van der Waals surface area contributed by atoms with Gasteiger partial charge >= 0.3 is 0 Å². The average molecular weight is 364 g/mol. The van der Waals surface area contributed by atoms with Crippen LogP contribution >= 0.6 is 0 Å². The normalized spacial score (nSPS) is 17.1. The Morgan fingerprint density at radius 2 is 2.07 bits per heavy atom. The molecule has 142 valence electrons. The lowest BCUT2D eigenvalue weighted by atomic mass is 9.92. The van der Waals surface area contributed by atoms with Gasteiger partial charge in [-0.3, -0.25) is 9.48 Å². The molecule has 1 aliphatic rings. The number of nitrogens with one attached hydrogen (secondary N) is 1. The second-order valence-electron chi connectivity index (χ2n) is 8.60. The van der Waals surface area contributed by atoms with Crippen LogP contribution in [0.15, 0.2) is 36.7 Å². The highest BCUT2D eigenvalue weighted by molar-refractivity contribution is 5.89. The smallest absolute Gasteiger partial charge is 0.224 e. The Morgan fingerprint density at radius 1 is 1.30 bits per heavy atom. The van der Waals surface area contributed by atoms with Crippen molar-refractivity contribution in [3.05, 3.63) is 53.5 Å². The minimum atomic E-state index is -0.0392. The molecule has 0 radical (unpaired) electrons. The number of para-hydroxylation sites is 1. The van der Waals surface area contributed by atoms with Gasteiger partial charge in [-0.1, -0.05) is 18.2 Å². The number of hydrogen-bond acceptors (Lipinski definition) is 2. The zero-order chi connectivity index (χ0) is 19.2. The zero-order valence-corrected chi connectivity index (χ0v) is 16.6. The third-order valence-electron chi connectivity index (χ3n) is 5.48. The number of rotatable bonds is 3. The molecule has 0 unspecified atom stereocenters. The van der Waals surface area contributed by atoms with Crippen LogP contribution in [0.4, 0.5) is 0 Å². The molecule has 0 aliphatic heterocycles. The van der Waals surface area contributed by atoms with Gasteiger partial charge in [0.05, 0.1) is 24.2 Å². The fourth-order valence-electron chi connectivity index (χ4n) is 4.27. The summed E-state index contributed by atoms with van der Waals surface area (Å²) in [6, 6.07) is 8.29. The van der Waals surface area contributed by atoms with Gasteiger partial charge in [-0.15, -0.1) is 0 Å². The highest BCUT2D eigenvalue weighted by atomic mass is 16.1. The predicted octanol–water partition coefficient (Wildman–Crippen LogP) is 3.87. The molecule has 27 heavy (non-hydrogen) atoms. The molecular formula is C22H28N4O. The second kappa shape index (κ2) is 6.55. The first-order chi connectivity index (χ1) is 12.8. The van der Waals surface area contributed by atoms with Crippen LogP contribution in [0.3, 0.4) is 0 Å². The minimum absolute atomic E-state index is 0.0392. The van der Waals surface area contributed by atoms with Crippen molar-refractivity contribution in [1.82, 2.24) is 19.7 Å². The number of amides is 1. The Kier molecular flexibility index (Phi) is 4.33. The minimum Gasteiger partial charge on any atom is -0.350 e. The Labute approximate surface area is 160 Å². The summed E-state index contributed by atoms with van der Waals surface area (Å²) in [5.41, 5.74) is 4.65. The molecule has 1 aromatic carbocycles. The SMILES string of the molecule is Cn1cc(CC(=O)N[C@H]2CCCc3c2cnn3C(C)(C)C)c2ccccc21. The van der Waals surface area contributed by atoms with Crippen molar-refractivity contribution in [3.8, 4) is 0 Å². The maximum Gasteiger partial charge on any atom is 0.224 e. The van der Waals surface area contributed by atoms with Crippen LogP contribution < -0.4 is 5.32 Å². The first-order valence-electron chi connectivity index (χ1n) is 9.74. The second-order valence-corrected chi connectivity index (χ2v) is 8.60. The van der Waals surface area contributed by atoms with Crippen molar-refractivity contribution in [2.24, 2.45) is 7.05 Å². The van der Waals surface area contributed by atoms with Gasteiger partial charge in [-0.25, -0.2) is 0 Å². The first-order valence-corrected chi connectivity index (χ1v) is 9.74. The fraction of sp³-hybridized carbons (Fsp3) is 0.455. The molecule has 1 aliphatic carbocycles. The lowest BCUT2D eigenvalue weighted by molar-refractivity contribution is -0.121. The van der Waals surface area contributed by atoms with Gasteiger partial charge in [0.1, 0.15) is 0 Å². The Bertz CT molecular complexity index is 990. The lowest BCUT2D eigenvalue weighted by Crippen LogP contribution is -2.33. The summed E-state index contributed by atoms with van der Waals surface area (Å²) >= 11 is 0. The molecule has 1 amide bonds. The molecule has 5 heteroatoms. The number of hydrogen-bond donors (Lipinski definition) is 1. The van der Waals surface area contributed by atoms with E-state index in [1.54, 1.807) is 0 Å². The van der Waals surface area contributed by atoms with E-state index < -0.39 is 0 Å². The largest absolute Gasteiger partial charge is 0.350 e. The van der Waals surface area contributed by atoms with Crippen molar-refractivity contribution in [3.63, 3.8) is 0 Å². The molecule has 0 spiro atoms. The predicted molar refractivity (Wildman–Crippen MR) is 108 cm³/mol. The van der Waals surface area contributed by atoms with Gasteiger partial charge in [0.2, 0.25) is 5.91 Å². The molecule has 1 atom stereocenters. The fourth-order valence-corrected chi connectivity index (χ4v) is 4.27. The first kappa shape index (κ1) is 17.8. The summed E-state index contributed by atoms with van der Waals surface area (Å²) in [5.74, 6) is 0.0766. The van der Waals surface area contributed by atoms with E-state index in [0.717, 1.165) is 35.7 Å². The van der Waals surface area contributed by atoms with Crippen molar-refractivity contribution < 1.29 is 4.79 Å². The van der Waals surface area contributed by atoms with Gasteiger partial charge in [-0.2, -0.15) is 5.10 Å². The molecule has 0 bridgehead atoms. The van der Waals surface area contributed by atoms with E-state index >= 15 is 0 Å². The van der Waals surface area contributed by atoms with Gasteiger partial charge < -0.3 is 9.88 Å². The summed E-state index contributed by atoms with van der Waals surface area (Å²) in [5, 5.41) is 9.03. The molecule has 3 aromatic rings. The maximum atomic E-state index is 12.8. The van der Waals surface area contributed by atoms with Crippen molar-refractivity contribution in [2.45, 2.75) is 58.0 Å². The van der Waals surface area contributed by atoms with Gasteiger partial charge in [0, 0.05) is 35.4 Å². The molecule has 0 fully saturated rings. The third kappa shape index (κ3) is 3.27. The number of aromatic nitrogens is 3. The number of aryl methyl sites for hydroxylation is 1. The summed E-state index contributed by atoms with van der Waals surface area (Å²) in [7, 11) is 2.03. The molecule has 4 rings (SSSR count). The number of carbonyl (C=O) groups excluding carboxylic acids is 1.